The van der Waals surface area contributed by atoms with Crippen molar-refractivity contribution < 1.29 is 14.6 Å². The van der Waals surface area contributed by atoms with Gasteiger partial charge in [0.1, 0.15) is 11.5 Å². The van der Waals surface area contributed by atoms with E-state index < -0.39 is 6.10 Å². The Morgan fingerprint density at radius 3 is 2.86 bits per heavy atom. The average Bonchev–Trinajstić information content (AvgIpc) is 2.45. The van der Waals surface area contributed by atoms with Gasteiger partial charge in [0.15, 0.2) is 6.10 Å². The van der Waals surface area contributed by atoms with Gasteiger partial charge in [-0.05, 0) is 23.8 Å². The minimum atomic E-state index is -0.727. The number of phenols is 1. The molecule has 21 heavy (non-hydrogen) atoms. The summed E-state index contributed by atoms with van der Waals surface area (Å²) in [6, 6.07) is 9.78. The van der Waals surface area contributed by atoms with E-state index in [0.29, 0.717) is 27.9 Å². The lowest BCUT2D eigenvalue weighted by molar-refractivity contribution is -0.123. The first-order valence-electron chi connectivity index (χ1n) is 6.28. The van der Waals surface area contributed by atoms with Crippen LogP contribution in [-0.2, 0) is 11.2 Å². The smallest absolute Gasteiger partial charge is 0.265 e. The van der Waals surface area contributed by atoms with Crippen molar-refractivity contribution >= 4 is 34.8 Å². The molecule has 0 bridgehead atoms. The molecule has 0 radical (unpaired) electrons. The number of ether oxygens (including phenoxy) is 1. The number of aromatic hydroxyl groups is 1. The molecule has 0 aromatic heterocycles. The summed E-state index contributed by atoms with van der Waals surface area (Å²) < 4.78 is 5.65. The van der Waals surface area contributed by atoms with Crippen molar-refractivity contribution in [3.63, 3.8) is 0 Å². The summed E-state index contributed by atoms with van der Waals surface area (Å²) in [6.07, 6.45) is -0.435. The molecule has 0 saturated heterocycles. The maximum absolute atomic E-state index is 12.1. The number of halogens is 2. The van der Waals surface area contributed by atoms with Gasteiger partial charge in [0, 0.05) is 12.5 Å². The predicted octanol–water partition coefficient (Wildman–Crippen LogP) is 3.64. The molecule has 3 rings (SSSR count). The monoisotopic (exact) mass is 323 g/mol. The number of nitrogens with one attached hydrogen (secondary N) is 1. The van der Waals surface area contributed by atoms with Gasteiger partial charge in [-0.1, -0.05) is 35.3 Å². The van der Waals surface area contributed by atoms with Gasteiger partial charge in [-0.2, -0.15) is 0 Å². The standard InChI is InChI=1S/C15H11Cl2NO3/c16-10-3-1-2-8(14(10)17)6-13-15(20)18-11-5-4-9(19)7-12(11)21-13/h1-5,7,13,19H,6H2,(H,18,20). The summed E-state index contributed by atoms with van der Waals surface area (Å²) in [5, 5.41) is 13.1. The molecule has 0 aliphatic carbocycles. The molecule has 4 nitrogen and oxygen atoms in total. The van der Waals surface area contributed by atoms with E-state index in [2.05, 4.69) is 5.32 Å². The maximum atomic E-state index is 12.1. The summed E-state index contributed by atoms with van der Waals surface area (Å²) in [5.74, 6) is 0.242. The molecule has 2 aromatic rings. The lowest BCUT2D eigenvalue weighted by Gasteiger charge is -2.26. The predicted molar refractivity (Wildman–Crippen MR) is 81.3 cm³/mol. The van der Waals surface area contributed by atoms with E-state index in [-0.39, 0.29) is 11.7 Å². The van der Waals surface area contributed by atoms with E-state index in [1.54, 1.807) is 24.3 Å². The van der Waals surface area contributed by atoms with E-state index in [0.717, 1.165) is 5.56 Å². The van der Waals surface area contributed by atoms with Crippen LogP contribution in [0.4, 0.5) is 5.69 Å². The van der Waals surface area contributed by atoms with Crippen molar-refractivity contribution in [1.82, 2.24) is 0 Å². The molecule has 1 amide bonds. The van der Waals surface area contributed by atoms with Crippen LogP contribution in [0.5, 0.6) is 11.5 Å². The first-order valence-corrected chi connectivity index (χ1v) is 7.03. The van der Waals surface area contributed by atoms with E-state index in [1.807, 2.05) is 0 Å². The van der Waals surface area contributed by atoms with Gasteiger partial charge in [-0.3, -0.25) is 4.79 Å². The molecule has 0 fully saturated rings. The number of phenolic OH excluding ortho intramolecular Hbond substituents is 1. The summed E-state index contributed by atoms with van der Waals surface area (Å²) in [6.45, 7) is 0. The topological polar surface area (TPSA) is 58.6 Å². The molecule has 108 valence electrons. The Morgan fingerprint density at radius 2 is 2.05 bits per heavy atom. The van der Waals surface area contributed by atoms with Crippen LogP contribution in [0.25, 0.3) is 0 Å². The number of amides is 1. The van der Waals surface area contributed by atoms with Gasteiger partial charge < -0.3 is 15.2 Å². The van der Waals surface area contributed by atoms with Gasteiger partial charge in [0.2, 0.25) is 0 Å². The summed E-state index contributed by atoms with van der Waals surface area (Å²) in [5.41, 5.74) is 1.26. The Bertz CT molecular complexity index is 718. The molecule has 6 heteroatoms. The van der Waals surface area contributed by atoms with Gasteiger partial charge in [-0.15, -0.1) is 0 Å². The van der Waals surface area contributed by atoms with E-state index in [9.17, 15) is 9.90 Å². The summed E-state index contributed by atoms with van der Waals surface area (Å²) in [7, 11) is 0. The van der Waals surface area contributed by atoms with Crippen molar-refractivity contribution in [3.8, 4) is 11.5 Å². The number of carbonyl (C=O) groups is 1. The van der Waals surface area contributed by atoms with Crippen molar-refractivity contribution in [3.05, 3.63) is 52.0 Å². The fraction of sp³-hybridized carbons (Fsp3) is 0.133. The third-order valence-corrected chi connectivity index (χ3v) is 4.08. The second-order valence-electron chi connectivity index (χ2n) is 4.69. The molecule has 1 heterocycles. The van der Waals surface area contributed by atoms with Crippen LogP contribution >= 0.6 is 23.2 Å². The number of carbonyl (C=O) groups excluding carboxylic acids is 1. The maximum Gasteiger partial charge on any atom is 0.265 e. The first kappa shape index (κ1) is 14.0. The number of anilines is 1. The third kappa shape index (κ3) is 2.77. The Balaban J connectivity index is 1.87. The lowest BCUT2D eigenvalue weighted by Crippen LogP contribution is -2.38. The van der Waals surface area contributed by atoms with Crippen LogP contribution in [0, 0.1) is 0 Å². The van der Waals surface area contributed by atoms with Crippen LogP contribution in [-0.4, -0.2) is 17.1 Å². The fourth-order valence-corrected chi connectivity index (χ4v) is 2.57. The zero-order valence-corrected chi connectivity index (χ0v) is 12.3. The van der Waals surface area contributed by atoms with Crippen LogP contribution < -0.4 is 10.1 Å². The molecule has 0 spiro atoms. The zero-order chi connectivity index (χ0) is 15.0. The van der Waals surface area contributed by atoms with Crippen molar-refractivity contribution in [2.45, 2.75) is 12.5 Å². The molecular formula is C15H11Cl2NO3. The van der Waals surface area contributed by atoms with Crippen LogP contribution in [0.15, 0.2) is 36.4 Å². The van der Waals surface area contributed by atoms with Crippen molar-refractivity contribution in [1.29, 1.82) is 0 Å². The van der Waals surface area contributed by atoms with Crippen molar-refractivity contribution in [2.75, 3.05) is 5.32 Å². The number of hydrogen-bond donors (Lipinski definition) is 2. The normalized spacial score (nSPS) is 16.9. The summed E-state index contributed by atoms with van der Waals surface area (Å²) in [4.78, 5) is 12.1. The minimum absolute atomic E-state index is 0.0736. The Labute approximate surface area is 131 Å². The molecule has 2 N–H and O–H groups in total. The molecular weight excluding hydrogens is 313 g/mol. The highest BCUT2D eigenvalue weighted by Crippen LogP contribution is 2.34. The largest absolute Gasteiger partial charge is 0.508 e. The van der Waals surface area contributed by atoms with Crippen LogP contribution in [0.3, 0.4) is 0 Å². The van der Waals surface area contributed by atoms with Crippen molar-refractivity contribution in [2.24, 2.45) is 0 Å². The number of hydrogen-bond acceptors (Lipinski definition) is 3. The van der Waals surface area contributed by atoms with E-state index in [1.165, 1.54) is 12.1 Å². The number of rotatable bonds is 2. The Kier molecular flexibility index (Phi) is 3.66. The minimum Gasteiger partial charge on any atom is -0.508 e. The zero-order valence-electron chi connectivity index (χ0n) is 10.8. The Hall–Kier alpha value is -1.91. The lowest BCUT2D eigenvalue weighted by atomic mass is 10.1. The van der Waals surface area contributed by atoms with Crippen LogP contribution in [0.1, 0.15) is 5.56 Å². The molecule has 1 unspecified atom stereocenters. The van der Waals surface area contributed by atoms with Gasteiger partial charge >= 0.3 is 0 Å². The molecule has 1 aliphatic heterocycles. The van der Waals surface area contributed by atoms with Gasteiger partial charge in [0.05, 0.1) is 15.7 Å². The average molecular weight is 324 g/mol. The second-order valence-corrected chi connectivity index (χ2v) is 5.48. The van der Waals surface area contributed by atoms with Gasteiger partial charge in [-0.25, -0.2) is 0 Å². The quantitative estimate of drug-likeness (QED) is 0.829. The third-order valence-electron chi connectivity index (χ3n) is 3.22. The van der Waals surface area contributed by atoms with Crippen LogP contribution in [0.2, 0.25) is 10.0 Å². The summed E-state index contributed by atoms with van der Waals surface area (Å²) >= 11 is 12.1. The fourth-order valence-electron chi connectivity index (χ4n) is 2.17. The molecule has 0 saturated carbocycles. The first-order chi connectivity index (χ1) is 10.0. The highest BCUT2D eigenvalue weighted by Gasteiger charge is 2.28. The SMILES string of the molecule is O=C1Nc2ccc(O)cc2OC1Cc1cccc(Cl)c1Cl. The number of fused-ring (bicyclic) bond motifs is 1. The molecule has 1 aliphatic rings. The highest BCUT2D eigenvalue weighted by atomic mass is 35.5. The Morgan fingerprint density at radius 1 is 1.24 bits per heavy atom. The van der Waals surface area contributed by atoms with E-state index in [4.69, 9.17) is 27.9 Å². The highest BCUT2D eigenvalue weighted by molar-refractivity contribution is 6.42. The second kappa shape index (κ2) is 5.47. The number of benzene rings is 2. The molecule has 1 atom stereocenters. The van der Waals surface area contributed by atoms with E-state index >= 15 is 0 Å². The van der Waals surface area contributed by atoms with Gasteiger partial charge in [0.25, 0.3) is 5.91 Å². The molecule has 2 aromatic carbocycles.